The lowest BCUT2D eigenvalue weighted by Gasteiger charge is -2.14. The van der Waals surface area contributed by atoms with E-state index in [1.54, 1.807) is 12.1 Å². The van der Waals surface area contributed by atoms with E-state index >= 15 is 0 Å². The van der Waals surface area contributed by atoms with E-state index < -0.39 is 6.10 Å². The van der Waals surface area contributed by atoms with Gasteiger partial charge in [-0.1, -0.05) is 36.4 Å². The average molecular weight is 308 g/mol. The number of nitrogens with one attached hydrogen (secondary N) is 1. The number of carbonyl (C=O) groups is 1. The Morgan fingerprint density at radius 1 is 1.22 bits per heavy atom. The van der Waals surface area contributed by atoms with Gasteiger partial charge in [0.25, 0.3) is 0 Å². The van der Waals surface area contributed by atoms with Gasteiger partial charge in [0.05, 0.1) is 17.7 Å². The molecule has 0 spiro atoms. The van der Waals surface area contributed by atoms with Gasteiger partial charge in [-0.2, -0.15) is 5.26 Å². The fraction of sp³-hybridized carbons (Fsp3) is 0.263. The van der Waals surface area contributed by atoms with Gasteiger partial charge >= 0.3 is 0 Å². The van der Waals surface area contributed by atoms with Crippen LogP contribution >= 0.6 is 0 Å². The number of amides is 1. The Labute approximate surface area is 136 Å². The van der Waals surface area contributed by atoms with Crippen LogP contribution < -0.4 is 5.32 Å². The number of hydrogen-bond donors (Lipinski definition) is 2. The predicted molar refractivity (Wildman–Crippen MR) is 88.6 cm³/mol. The zero-order chi connectivity index (χ0) is 16.7. The molecular formula is C19H20N2O2. The fourth-order valence-corrected chi connectivity index (χ4v) is 2.37. The molecule has 0 saturated heterocycles. The van der Waals surface area contributed by atoms with Crippen molar-refractivity contribution in [2.75, 3.05) is 6.54 Å². The van der Waals surface area contributed by atoms with Crippen molar-refractivity contribution in [3.05, 3.63) is 70.8 Å². The van der Waals surface area contributed by atoms with Crippen LogP contribution in [0.15, 0.2) is 48.5 Å². The van der Waals surface area contributed by atoms with Crippen LogP contribution in [0.25, 0.3) is 0 Å². The molecule has 0 fully saturated rings. The summed E-state index contributed by atoms with van der Waals surface area (Å²) in [5, 5.41) is 21.7. The van der Waals surface area contributed by atoms with Crippen molar-refractivity contribution in [1.82, 2.24) is 5.32 Å². The van der Waals surface area contributed by atoms with Gasteiger partial charge < -0.3 is 10.4 Å². The summed E-state index contributed by atoms with van der Waals surface area (Å²) in [4.78, 5) is 11.9. The highest BCUT2D eigenvalue weighted by Gasteiger charge is 2.11. The molecule has 2 N–H and O–H groups in total. The van der Waals surface area contributed by atoms with Crippen LogP contribution in [0.1, 0.15) is 34.8 Å². The van der Waals surface area contributed by atoms with E-state index in [2.05, 4.69) is 11.4 Å². The fourth-order valence-electron chi connectivity index (χ4n) is 2.37. The Bertz CT molecular complexity index is 702. The third-order valence-electron chi connectivity index (χ3n) is 3.76. The van der Waals surface area contributed by atoms with Crippen LogP contribution in [0.5, 0.6) is 0 Å². The minimum Gasteiger partial charge on any atom is -0.387 e. The molecule has 0 aromatic heterocycles. The van der Waals surface area contributed by atoms with E-state index in [1.165, 1.54) is 0 Å². The quantitative estimate of drug-likeness (QED) is 0.861. The highest BCUT2D eigenvalue weighted by molar-refractivity contribution is 5.76. The van der Waals surface area contributed by atoms with Gasteiger partial charge in [-0.05, 0) is 42.2 Å². The van der Waals surface area contributed by atoms with E-state index in [0.717, 1.165) is 16.7 Å². The summed E-state index contributed by atoms with van der Waals surface area (Å²) < 4.78 is 0. The van der Waals surface area contributed by atoms with Crippen LogP contribution in [0.3, 0.4) is 0 Å². The second-order valence-corrected chi connectivity index (χ2v) is 5.49. The third kappa shape index (κ3) is 4.94. The second kappa shape index (κ2) is 8.11. The Morgan fingerprint density at radius 2 is 1.91 bits per heavy atom. The average Bonchev–Trinajstić information content (AvgIpc) is 2.58. The minimum atomic E-state index is -0.699. The van der Waals surface area contributed by atoms with E-state index in [4.69, 9.17) is 5.26 Å². The summed E-state index contributed by atoms with van der Waals surface area (Å²) in [6.07, 6.45) is 0.264. The summed E-state index contributed by atoms with van der Waals surface area (Å²) in [5.41, 5.74) is 3.46. The lowest BCUT2D eigenvalue weighted by Crippen LogP contribution is -2.28. The Kier molecular flexibility index (Phi) is 5.90. The summed E-state index contributed by atoms with van der Waals surface area (Å²) in [6, 6.07) is 16.9. The molecule has 118 valence electrons. The van der Waals surface area contributed by atoms with Crippen molar-refractivity contribution >= 4 is 5.91 Å². The molecule has 4 nitrogen and oxygen atoms in total. The SMILES string of the molecule is Cc1ccccc1C(O)CNC(=O)CCc1ccc(C#N)cc1. The minimum absolute atomic E-state index is 0.0954. The molecule has 2 aromatic rings. The monoisotopic (exact) mass is 308 g/mol. The molecule has 0 heterocycles. The molecular weight excluding hydrogens is 288 g/mol. The van der Waals surface area contributed by atoms with E-state index in [-0.39, 0.29) is 12.5 Å². The topological polar surface area (TPSA) is 73.1 Å². The molecule has 4 heteroatoms. The van der Waals surface area contributed by atoms with Crippen molar-refractivity contribution in [3.8, 4) is 6.07 Å². The maximum atomic E-state index is 11.9. The molecule has 0 radical (unpaired) electrons. The molecule has 0 aliphatic carbocycles. The van der Waals surface area contributed by atoms with Gasteiger partial charge in [-0.15, -0.1) is 0 Å². The largest absolute Gasteiger partial charge is 0.387 e. The summed E-state index contributed by atoms with van der Waals surface area (Å²) in [7, 11) is 0. The van der Waals surface area contributed by atoms with Crippen molar-refractivity contribution in [3.63, 3.8) is 0 Å². The zero-order valence-electron chi connectivity index (χ0n) is 13.1. The second-order valence-electron chi connectivity index (χ2n) is 5.49. The lowest BCUT2D eigenvalue weighted by atomic mass is 10.0. The van der Waals surface area contributed by atoms with Gasteiger partial charge in [0.1, 0.15) is 0 Å². The van der Waals surface area contributed by atoms with Crippen LogP contribution in [0, 0.1) is 18.3 Å². The van der Waals surface area contributed by atoms with Crippen LogP contribution in [-0.2, 0) is 11.2 Å². The lowest BCUT2D eigenvalue weighted by molar-refractivity contribution is -0.121. The number of hydrogen-bond acceptors (Lipinski definition) is 3. The number of carbonyl (C=O) groups excluding carboxylic acids is 1. The van der Waals surface area contributed by atoms with Gasteiger partial charge in [0.15, 0.2) is 0 Å². The van der Waals surface area contributed by atoms with Gasteiger partial charge in [0, 0.05) is 13.0 Å². The first kappa shape index (κ1) is 16.7. The smallest absolute Gasteiger partial charge is 0.220 e. The zero-order valence-corrected chi connectivity index (χ0v) is 13.1. The summed E-state index contributed by atoms with van der Waals surface area (Å²) >= 11 is 0. The molecule has 2 aromatic carbocycles. The molecule has 0 aliphatic rings. The number of benzene rings is 2. The molecule has 1 atom stereocenters. The maximum absolute atomic E-state index is 11.9. The summed E-state index contributed by atoms with van der Waals surface area (Å²) in [6.45, 7) is 2.14. The van der Waals surface area contributed by atoms with Crippen molar-refractivity contribution in [2.45, 2.75) is 25.9 Å². The van der Waals surface area contributed by atoms with Crippen molar-refractivity contribution in [2.24, 2.45) is 0 Å². The van der Waals surface area contributed by atoms with E-state index in [0.29, 0.717) is 18.4 Å². The highest BCUT2D eigenvalue weighted by Crippen LogP contribution is 2.16. The first-order valence-electron chi connectivity index (χ1n) is 7.59. The van der Waals surface area contributed by atoms with Gasteiger partial charge in [-0.25, -0.2) is 0 Å². The van der Waals surface area contributed by atoms with Crippen LogP contribution in [0.4, 0.5) is 0 Å². The number of nitrogens with zero attached hydrogens (tertiary/aromatic N) is 1. The number of rotatable bonds is 6. The molecule has 1 amide bonds. The molecule has 0 aliphatic heterocycles. The summed E-state index contributed by atoms with van der Waals surface area (Å²) in [5.74, 6) is -0.0954. The number of nitriles is 1. The van der Waals surface area contributed by atoms with Gasteiger partial charge in [0.2, 0.25) is 5.91 Å². The number of aryl methyl sites for hydroxylation is 2. The van der Waals surface area contributed by atoms with E-state index in [9.17, 15) is 9.90 Å². The first-order chi connectivity index (χ1) is 11.1. The van der Waals surface area contributed by atoms with Crippen LogP contribution in [-0.4, -0.2) is 17.6 Å². The molecule has 23 heavy (non-hydrogen) atoms. The normalized spacial score (nSPS) is 11.5. The van der Waals surface area contributed by atoms with E-state index in [1.807, 2.05) is 43.3 Å². The Hall–Kier alpha value is -2.64. The Morgan fingerprint density at radius 3 is 2.57 bits per heavy atom. The molecule has 0 bridgehead atoms. The molecule has 0 saturated carbocycles. The van der Waals surface area contributed by atoms with Crippen LogP contribution in [0.2, 0.25) is 0 Å². The van der Waals surface area contributed by atoms with Gasteiger partial charge in [-0.3, -0.25) is 4.79 Å². The van der Waals surface area contributed by atoms with Crippen molar-refractivity contribution in [1.29, 1.82) is 5.26 Å². The molecule has 1 unspecified atom stereocenters. The maximum Gasteiger partial charge on any atom is 0.220 e. The standard InChI is InChI=1S/C19H20N2O2/c1-14-4-2-3-5-17(14)18(22)13-21-19(23)11-10-15-6-8-16(12-20)9-7-15/h2-9,18,22H,10-11,13H2,1H3,(H,21,23). The number of aliphatic hydroxyl groups is 1. The van der Waals surface area contributed by atoms with Crippen molar-refractivity contribution < 1.29 is 9.90 Å². The Balaban J connectivity index is 1.78. The third-order valence-corrected chi connectivity index (χ3v) is 3.76. The molecule has 2 rings (SSSR count). The number of aliphatic hydroxyl groups excluding tert-OH is 1. The first-order valence-corrected chi connectivity index (χ1v) is 7.59. The predicted octanol–water partition coefficient (Wildman–Crippen LogP) is 2.65. The highest BCUT2D eigenvalue weighted by atomic mass is 16.3.